The van der Waals surface area contributed by atoms with Gasteiger partial charge in [0.1, 0.15) is 5.75 Å². The molecule has 0 saturated heterocycles. The Morgan fingerprint density at radius 3 is 2.62 bits per heavy atom. The van der Waals surface area contributed by atoms with Gasteiger partial charge in [0.05, 0.1) is 17.1 Å². The van der Waals surface area contributed by atoms with Crippen molar-refractivity contribution in [2.75, 3.05) is 13.1 Å². The predicted octanol–water partition coefficient (Wildman–Crippen LogP) is 2.41. The monoisotopic (exact) mass is 319 g/mol. The van der Waals surface area contributed by atoms with Gasteiger partial charge in [0.25, 0.3) is 0 Å². The van der Waals surface area contributed by atoms with Gasteiger partial charge in [0, 0.05) is 30.6 Å². The Bertz CT molecular complexity index is 869. The molecule has 0 spiro atoms. The van der Waals surface area contributed by atoms with Crippen LogP contribution in [-0.2, 0) is 0 Å². The topological polar surface area (TPSA) is 75.9 Å². The zero-order valence-electron chi connectivity index (χ0n) is 13.1. The van der Waals surface area contributed by atoms with Crippen LogP contribution < -0.4 is 5.32 Å². The second-order valence-electron chi connectivity index (χ2n) is 5.64. The van der Waals surface area contributed by atoms with E-state index >= 15 is 0 Å². The number of phenolic OH excluding ortho intramolecular Hbond substituents is 1. The van der Waals surface area contributed by atoms with Crippen molar-refractivity contribution in [3.05, 3.63) is 60.6 Å². The molecule has 120 valence electrons. The van der Waals surface area contributed by atoms with E-state index in [1.54, 1.807) is 16.9 Å². The number of hydrogen-bond donors (Lipinski definition) is 2. The number of aromatic nitrogens is 4. The lowest BCUT2D eigenvalue weighted by molar-refractivity contribution is 0.476. The highest BCUT2D eigenvalue weighted by molar-refractivity contribution is 5.70. The van der Waals surface area contributed by atoms with E-state index in [9.17, 15) is 5.11 Å². The normalized spacial score (nSPS) is 14.4. The van der Waals surface area contributed by atoms with Crippen LogP contribution in [0.15, 0.2) is 54.9 Å². The van der Waals surface area contributed by atoms with Crippen molar-refractivity contribution in [3.63, 3.8) is 0 Å². The first-order chi connectivity index (χ1) is 11.8. The van der Waals surface area contributed by atoms with Crippen LogP contribution in [0.25, 0.3) is 22.5 Å². The molecule has 0 bridgehead atoms. The van der Waals surface area contributed by atoms with E-state index in [-0.39, 0.29) is 5.75 Å². The molecule has 0 fully saturated rings. The molecule has 0 radical (unpaired) electrons. The molecule has 2 aromatic heterocycles. The van der Waals surface area contributed by atoms with E-state index < -0.39 is 0 Å². The molecule has 3 aromatic rings. The number of hydrogen-bond acceptors (Lipinski definition) is 5. The lowest BCUT2D eigenvalue weighted by atomic mass is 10.0. The molecule has 3 heterocycles. The Balaban J connectivity index is 1.63. The fourth-order valence-electron chi connectivity index (χ4n) is 2.80. The van der Waals surface area contributed by atoms with Crippen molar-refractivity contribution < 1.29 is 5.11 Å². The van der Waals surface area contributed by atoms with Gasteiger partial charge in [-0.1, -0.05) is 6.08 Å². The Morgan fingerprint density at radius 1 is 1.08 bits per heavy atom. The zero-order chi connectivity index (χ0) is 16.4. The summed E-state index contributed by atoms with van der Waals surface area (Å²) in [4.78, 5) is 0. The predicted molar refractivity (Wildman–Crippen MR) is 91.7 cm³/mol. The summed E-state index contributed by atoms with van der Waals surface area (Å²) < 4.78 is 1.70. The van der Waals surface area contributed by atoms with Crippen molar-refractivity contribution in [3.8, 4) is 22.7 Å². The Labute approximate surface area is 139 Å². The Morgan fingerprint density at radius 2 is 1.96 bits per heavy atom. The van der Waals surface area contributed by atoms with Gasteiger partial charge in [-0.2, -0.15) is 10.2 Å². The smallest absolute Gasteiger partial charge is 0.127 e. The van der Waals surface area contributed by atoms with Crippen LogP contribution in [0.1, 0.15) is 12.1 Å². The van der Waals surface area contributed by atoms with E-state index in [0.29, 0.717) is 11.3 Å². The molecular formula is C18H17N5O. The number of nitrogens with zero attached hydrogens (tertiary/aromatic N) is 4. The first kappa shape index (κ1) is 14.6. The number of phenols is 1. The van der Waals surface area contributed by atoms with Gasteiger partial charge in [0.2, 0.25) is 0 Å². The summed E-state index contributed by atoms with van der Waals surface area (Å²) >= 11 is 0. The minimum atomic E-state index is 0.158. The molecule has 1 aliphatic rings. The average molecular weight is 319 g/mol. The molecule has 1 aromatic carbocycles. The fourth-order valence-corrected chi connectivity index (χ4v) is 2.80. The lowest BCUT2D eigenvalue weighted by Crippen LogP contribution is -2.20. The SMILES string of the molecule is Oc1cc(-n2cccn2)ccc1-c1ccc(C2=CCNCC2)nn1. The molecule has 6 heteroatoms. The number of nitrogens with one attached hydrogen (secondary N) is 1. The third-order valence-corrected chi connectivity index (χ3v) is 4.08. The van der Waals surface area contributed by atoms with Gasteiger partial charge >= 0.3 is 0 Å². The Hall–Kier alpha value is -2.99. The van der Waals surface area contributed by atoms with E-state index in [0.717, 1.165) is 30.9 Å². The van der Waals surface area contributed by atoms with Gasteiger partial charge < -0.3 is 10.4 Å². The standard InChI is InChI=1S/C18H17N5O/c24-18-12-14(23-11-1-8-20-23)2-3-15(18)17-5-4-16(21-22-17)13-6-9-19-10-7-13/h1-6,8,11-12,19,24H,7,9-10H2. The summed E-state index contributed by atoms with van der Waals surface area (Å²) in [5.74, 6) is 0.158. The third-order valence-electron chi connectivity index (χ3n) is 4.08. The minimum Gasteiger partial charge on any atom is -0.507 e. The average Bonchev–Trinajstić information content (AvgIpc) is 3.17. The van der Waals surface area contributed by atoms with Crippen LogP contribution >= 0.6 is 0 Å². The number of benzene rings is 1. The summed E-state index contributed by atoms with van der Waals surface area (Å²) in [6, 6.07) is 11.1. The highest BCUT2D eigenvalue weighted by Gasteiger charge is 2.11. The summed E-state index contributed by atoms with van der Waals surface area (Å²) in [6.45, 7) is 1.83. The summed E-state index contributed by atoms with van der Waals surface area (Å²) in [7, 11) is 0. The van der Waals surface area contributed by atoms with Crippen molar-refractivity contribution in [2.45, 2.75) is 6.42 Å². The lowest BCUT2D eigenvalue weighted by Gasteiger charge is -2.13. The van der Waals surface area contributed by atoms with Crippen molar-refractivity contribution in [2.24, 2.45) is 0 Å². The van der Waals surface area contributed by atoms with Gasteiger partial charge in [-0.3, -0.25) is 0 Å². The fraction of sp³-hybridized carbons (Fsp3) is 0.167. The molecule has 4 rings (SSSR count). The van der Waals surface area contributed by atoms with Gasteiger partial charge in [-0.15, -0.1) is 5.10 Å². The largest absolute Gasteiger partial charge is 0.507 e. The van der Waals surface area contributed by atoms with E-state index in [2.05, 4.69) is 26.7 Å². The van der Waals surface area contributed by atoms with Crippen LogP contribution in [-0.4, -0.2) is 38.2 Å². The van der Waals surface area contributed by atoms with Crippen LogP contribution in [0.3, 0.4) is 0 Å². The van der Waals surface area contributed by atoms with Gasteiger partial charge in [-0.05, 0) is 48.9 Å². The van der Waals surface area contributed by atoms with Crippen LogP contribution in [0.4, 0.5) is 0 Å². The maximum absolute atomic E-state index is 10.3. The van der Waals surface area contributed by atoms with Gasteiger partial charge in [-0.25, -0.2) is 4.68 Å². The third kappa shape index (κ3) is 2.79. The summed E-state index contributed by atoms with van der Waals surface area (Å²) in [6.07, 6.45) is 6.63. The zero-order valence-corrected chi connectivity index (χ0v) is 13.1. The summed E-state index contributed by atoms with van der Waals surface area (Å²) in [5.41, 5.74) is 4.21. The molecule has 1 aliphatic heterocycles. The second-order valence-corrected chi connectivity index (χ2v) is 5.64. The Kier molecular flexibility index (Phi) is 3.80. The summed E-state index contributed by atoms with van der Waals surface area (Å²) in [5, 5.41) is 26.4. The number of aromatic hydroxyl groups is 1. The molecular weight excluding hydrogens is 302 g/mol. The highest BCUT2D eigenvalue weighted by Crippen LogP contribution is 2.30. The van der Waals surface area contributed by atoms with Crippen molar-refractivity contribution in [1.82, 2.24) is 25.3 Å². The van der Waals surface area contributed by atoms with Crippen molar-refractivity contribution in [1.29, 1.82) is 0 Å². The van der Waals surface area contributed by atoms with Gasteiger partial charge in [0.15, 0.2) is 0 Å². The molecule has 0 unspecified atom stereocenters. The van der Waals surface area contributed by atoms with Crippen LogP contribution in [0.2, 0.25) is 0 Å². The quantitative estimate of drug-likeness (QED) is 0.775. The van der Waals surface area contributed by atoms with E-state index in [1.807, 2.05) is 36.5 Å². The van der Waals surface area contributed by atoms with Crippen molar-refractivity contribution >= 4 is 5.57 Å². The first-order valence-electron chi connectivity index (χ1n) is 7.88. The van der Waals surface area contributed by atoms with Crippen LogP contribution in [0.5, 0.6) is 5.75 Å². The highest BCUT2D eigenvalue weighted by atomic mass is 16.3. The first-order valence-corrected chi connectivity index (χ1v) is 7.88. The second kappa shape index (κ2) is 6.25. The van der Waals surface area contributed by atoms with E-state index in [4.69, 9.17) is 0 Å². The molecule has 0 amide bonds. The van der Waals surface area contributed by atoms with E-state index in [1.165, 1.54) is 5.57 Å². The minimum absolute atomic E-state index is 0.158. The molecule has 0 saturated carbocycles. The maximum Gasteiger partial charge on any atom is 0.127 e. The molecule has 0 aliphatic carbocycles. The maximum atomic E-state index is 10.3. The number of rotatable bonds is 3. The molecule has 0 atom stereocenters. The molecule has 2 N–H and O–H groups in total. The van der Waals surface area contributed by atoms with Crippen LogP contribution in [0, 0.1) is 0 Å². The molecule has 24 heavy (non-hydrogen) atoms. The molecule has 6 nitrogen and oxygen atoms in total.